The van der Waals surface area contributed by atoms with Crippen LogP contribution in [0.25, 0.3) is 0 Å². The fourth-order valence-electron chi connectivity index (χ4n) is 0.628. The smallest absolute Gasteiger partial charge is 0.266 e. The third kappa shape index (κ3) is 1.01. The third-order valence-corrected chi connectivity index (χ3v) is 1.09. The molecule has 1 N–H and O–H groups in total. The quantitative estimate of drug-likeness (QED) is 0.584. The lowest BCUT2D eigenvalue weighted by Crippen LogP contribution is -2.17. The van der Waals surface area contributed by atoms with E-state index in [9.17, 15) is 4.79 Å². The van der Waals surface area contributed by atoms with Crippen LogP contribution < -0.4 is 5.56 Å². The fourth-order valence-corrected chi connectivity index (χ4v) is 0.628. The van der Waals surface area contributed by atoms with E-state index in [1.807, 2.05) is 13.8 Å². The summed E-state index contributed by atoms with van der Waals surface area (Å²) in [7, 11) is 0. The highest BCUT2D eigenvalue weighted by Crippen LogP contribution is 1.92. The summed E-state index contributed by atoms with van der Waals surface area (Å²) in [6.07, 6.45) is 1.26. The average Bonchev–Trinajstić information content (AvgIpc) is 2.13. The molecule has 1 aromatic rings. The molecule has 0 unspecified atom stereocenters. The van der Waals surface area contributed by atoms with Gasteiger partial charge in [-0.15, -0.1) is 0 Å². The van der Waals surface area contributed by atoms with E-state index in [0.29, 0.717) is 0 Å². The molecule has 0 atom stereocenters. The van der Waals surface area contributed by atoms with Gasteiger partial charge in [-0.1, -0.05) is 0 Å². The predicted molar refractivity (Wildman–Crippen MR) is 33.2 cm³/mol. The zero-order valence-corrected chi connectivity index (χ0v) is 5.46. The van der Waals surface area contributed by atoms with Gasteiger partial charge < -0.3 is 0 Å². The summed E-state index contributed by atoms with van der Waals surface area (Å²) in [6, 6.07) is 0.167. The van der Waals surface area contributed by atoms with Crippen LogP contribution in [0.15, 0.2) is 11.0 Å². The second-order valence-corrected chi connectivity index (χ2v) is 2.16. The second kappa shape index (κ2) is 2.05. The van der Waals surface area contributed by atoms with E-state index in [0.717, 1.165) is 0 Å². The Bertz CT molecular complexity index is 234. The summed E-state index contributed by atoms with van der Waals surface area (Å²) >= 11 is 0. The fraction of sp³-hybridized carbons (Fsp3) is 0.600. The second-order valence-electron chi connectivity index (χ2n) is 2.16. The number of nitrogens with zero attached hydrogens (tertiary/aromatic N) is 2. The van der Waals surface area contributed by atoms with Gasteiger partial charge in [-0.25, -0.2) is 9.90 Å². The molecule has 0 fully saturated rings. The Morgan fingerprint density at radius 3 is 2.67 bits per heavy atom. The SMILES string of the molecule is CC(C)n1[nH]ncc1=O. The van der Waals surface area contributed by atoms with Gasteiger partial charge in [-0.05, 0) is 13.8 Å². The lowest BCUT2D eigenvalue weighted by Gasteiger charge is -2.01. The normalized spacial score (nSPS) is 10.6. The van der Waals surface area contributed by atoms with Gasteiger partial charge in [0, 0.05) is 6.04 Å². The van der Waals surface area contributed by atoms with E-state index in [1.54, 1.807) is 0 Å². The van der Waals surface area contributed by atoms with E-state index >= 15 is 0 Å². The number of H-pyrrole nitrogens is 1. The molecule has 0 aliphatic rings. The van der Waals surface area contributed by atoms with Crippen LogP contribution in [0.5, 0.6) is 0 Å². The van der Waals surface area contributed by atoms with Crippen LogP contribution >= 0.6 is 0 Å². The van der Waals surface area contributed by atoms with Crippen LogP contribution in [0.2, 0.25) is 0 Å². The highest BCUT2D eigenvalue weighted by molar-refractivity contribution is 4.70. The summed E-state index contributed by atoms with van der Waals surface area (Å²) < 4.78 is 1.46. The van der Waals surface area contributed by atoms with Gasteiger partial charge >= 0.3 is 0 Å². The first-order valence-electron chi connectivity index (χ1n) is 2.83. The van der Waals surface area contributed by atoms with Gasteiger partial charge in [0.15, 0.2) is 0 Å². The molecule has 9 heavy (non-hydrogen) atoms. The number of nitrogens with one attached hydrogen (secondary N) is 1. The Labute approximate surface area is 52.5 Å². The van der Waals surface area contributed by atoms with Gasteiger partial charge in [-0.3, -0.25) is 4.79 Å². The molecule has 0 saturated carbocycles. The van der Waals surface area contributed by atoms with Crippen molar-refractivity contribution in [1.82, 2.24) is 15.0 Å². The first-order valence-corrected chi connectivity index (χ1v) is 2.83. The van der Waals surface area contributed by atoms with E-state index in [1.165, 1.54) is 10.9 Å². The van der Waals surface area contributed by atoms with Crippen molar-refractivity contribution in [3.63, 3.8) is 0 Å². The average molecular weight is 127 g/mol. The molecule has 0 saturated heterocycles. The largest absolute Gasteiger partial charge is 0.286 e. The molecule has 4 nitrogen and oxygen atoms in total. The zero-order chi connectivity index (χ0) is 6.85. The highest BCUT2D eigenvalue weighted by atomic mass is 16.1. The lowest BCUT2D eigenvalue weighted by molar-refractivity contribution is 0.500. The van der Waals surface area contributed by atoms with Crippen LogP contribution in [0.1, 0.15) is 19.9 Å². The van der Waals surface area contributed by atoms with Gasteiger partial charge in [0.2, 0.25) is 0 Å². The Hall–Kier alpha value is -1.06. The molecular weight excluding hydrogens is 118 g/mol. The zero-order valence-electron chi connectivity index (χ0n) is 5.46. The lowest BCUT2D eigenvalue weighted by atomic mass is 10.4. The monoisotopic (exact) mass is 127 g/mol. The maximum absolute atomic E-state index is 10.7. The van der Waals surface area contributed by atoms with Crippen molar-refractivity contribution in [3.8, 4) is 0 Å². The Morgan fingerprint density at radius 2 is 2.44 bits per heavy atom. The number of aromatic amines is 1. The number of rotatable bonds is 1. The van der Waals surface area contributed by atoms with E-state index in [-0.39, 0.29) is 11.6 Å². The molecular formula is C5H9N3O. The van der Waals surface area contributed by atoms with Crippen molar-refractivity contribution < 1.29 is 0 Å². The van der Waals surface area contributed by atoms with Gasteiger partial charge in [-0.2, -0.15) is 5.10 Å². The van der Waals surface area contributed by atoms with Crippen molar-refractivity contribution in [1.29, 1.82) is 0 Å². The number of hydrogen-bond acceptors (Lipinski definition) is 2. The molecule has 0 bridgehead atoms. The standard InChI is InChI=1S/C5H9N3O/c1-4(2)8-5(9)3-6-7-8/h3-4,7H,1-2H3. The van der Waals surface area contributed by atoms with Crippen molar-refractivity contribution in [2.45, 2.75) is 19.9 Å². The van der Waals surface area contributed by atoms with Crippen LogP contribution in [0, 0.1) is 0 Å². The molecule has 1 rings (SSSR count). The van der Waals surface area contributed by atoms with Crippen LogP contribution in [0.4, 0.5) is 0 Å². The summed E-state index contributed by atoms with van der Waals surface area (Å²) in [5, 5.41) is 6.13. The van der Waals surface area contributed by atoms with Gasteiger partial charge in [0.25, 0.3) is 5.56 Å². The summed E-state index contributed by atoms with van der Waals surface area (Å²) in [5.41, 5.74) is -0.0787. The van der Waals surface area contributed by atoms with Gasteiger partial charge in [0.05, 0.1) is 0 Å². The summed E-state index contributed by atoms with van der Waals surface area (Å²) in [5.74, 6) is 0. The Balaban J connectivity index is 3.08. The summed E-state index contributed by atoms with van der Waals surface area (Å²) in [6.45, 7) is 3.83. The van der Waals surface area contributed by atoms with Crippen LogP contribution in [0.3, 0.4) is 0 Å². The van der Waals surface area contributed by atoms with E-state index in [2.05, 4.69) is 10.3 Å². The maximum atomic E-state index is 10.7. The third-order valence-electron chi connectivity index (χ3n) is 1.09. The Kier molecular flexibility index (Phi) is 1.38. The van der Waals surface area contributed by atoms with Crippen molar-refractivity contribution in [2.75, 3.05) is 0 Å². The molecule has 0 aliphatic heterocycles. The highest BCUT2D eigenvalue weighted by Gasteiger charge is 1.98. The topological polar surface area (TPSA) is 50.7 Å². The van der Waals surface area contributed by atoms with Crippen molar-refractivity contribution >= 4 is 0 Å². The number of hydrogen-bond donors (Lipinski definition) is 1. The molecule has 4 heteroatoms. The Morgan fingerprint density at radius 1 is 1.78 bits per heavy atom. The molecule has 50 valence electrons. The van der Waals surface area contributed by atoms with Crippen molar-refractivity contribution in [3.05, 3.63) is 16.6 Å². The first kappa shape index (κ1) is 6.07. The summed E-state index contributed by atoms with van der Waals surface area (Å²) in [4.78, 5) is 10.7. The molecule has 0 aromatic carbocycles. The van der Waals surface area contributed by atoms with Gasteiger partial charge in [0.1, 0.15) is 6.20 Å². The molecule has 0 radical (unpaired) electrons. The number of aromatic nitrogens is 3. The van der Waals surface area contributed by atoms with Crippen LogP contribution in [-0.2, 0) is 0 Å². The minimum atomic E-state index is -0.0787. The van der Waals surface area contributed by atoms with E-state index < -0.39 is 0 Å². The molecule has 0 amide bonds. The van der Waals surface area contributed by atoms with Crippen LogP contribution in [-0.4, -0.2) is 15.0 Å². The maximum Gasteiger partial charge on any atom is 0.286 e. The molecule has 0 spiro atoms. The molecule has 1 heterocycles. The van der Waals surface area contributed by atoms with E-state index in [4.69, 9.17) is 0 Å². The predicted octanol–water partition coefficient (Wildman–Crippen LogP) is 0.152. The molecule has 1 aromatic heterocycles. The van der Waals surface area contributed by atoms with Crippen molar-refractivity contribution in [2.24, 2.45) is 0 Å². The first-order chi connectivity index (χ1) is 4.22. The minimum Gasteiger partial charge on any atom is -0.266 e. The minimum absolute atomic E-state index is 0.0787. The molecule has 0 aliphatic carbocycles.